The third-order valence-electron chi connectivity index (χ3n) is 5.42. The number of carbonyl (C=O) groups excluding carboxylic acids is 1. The Morgan fingerprint density at radius 3 is 2.53 bits per heavy atom. The summed E-state index contributed by atoms with van der Waals surface area (Å²) in [5.41, 5.74) is 3.55. The normalized spacial score (nSPS) is 11.6. The van der Waals surface area contributed by atoms with E-state index in [4.69, 9.17) is 0 Å². The van der Waals surface area contributed by atoms with Gasteiger partial charge < -0.3 is 5.32 Å². The summed E-state index contributed by atoms with van der Waals surface area (Å²) in [7, 11) is 0. The smallest absolute Gasteiger partial charge is 0.352 e. The number of carbonyl (C=O) groups is 1. The number of hydrogen-bond donors (Lipinski definition) is 1. The highest BCUT2D eigenvalue weighted by molar-refractivity contribution is 7.99. The molecule has 0 atom stereocenters. The van der Waals surface area contributed by atoms with E-state index < -0.39 is 11.7 Å². The van der Waals surface area contributed by atoms with Gasteiger partial charge in [-0.15, -0.1) is 10.2 Å². The van der Waals surface area contributed by atoms with E-state index in [1.54, 1.807) is 30.3 Å². The Bertz CT molecular complexity index is 1350. The molecule has 0 spiro atoms. The van der Waals surface area contributed by atoms with Crippen molar-refractivity contribution < 1.29 is 18.0 Å². The van der Waals surface area contributed by atoms with Crippen molar-refractivity contribution in [2.24, 2.45) is 0 Å². The number of halogens is 3. The van der Waals surface area contributed by atoms with Crippen molar-refractivity contribution in [2.45, 2.75) is 36.4 Å². The maximum atomic E-state index is 13.3. The summed E-state index contributed by atoms with van der Waals surface area (Å²) in [5.74, 6) is -0.342. The largest absolute Gasteiger partial charge is 0.416 e. The van der Waals surface area contributed by atoms with Gasteiger partial charge in [-0.05, 0) is 55.7 Å². The molecule has 1 heterocycles. The fraction of sp³-hybridized carbons (Fsp3) is 0.192. The van der Waals surface area contributed by atoms with Crippen molar-refractivity contribution in [3.8, 4) is 0 Å². The van der Waals surface area contributed by atoms with Gasteiger partial charge in [0.05, 0.1) is 16.6 Å². The van der Waals surface area contributed by atoms with Gasteiger partial charge in [0.2, 0.25) is 0 Å². The standard InChI is InChI=1S/C26H22F3N3OS/c1-16-10-11-18(17(2)14-16)12-13-30-24(33)23-21-8-3-4-9-22(21)31-32-25(23)34-20-7-5-6-19(15-20)26(27,28)29/h3-11,14-15H,12-13H2,1-2H3,(H,30,33). The lowest BCUT2D eigenvalue weighted by Crippen LogP contribution is -2.27. The molecule has 0 unspecified atom stereocenters. The van der Waals surface area contributed by atoms with Gasteiger partial charge >= 0.3 is 6.18 Å². The van der Waals surface area contributed by atoms with Crippen molar-refractivity contribution in [3.05, 3.63) is 94.5 Å². The number of aryl methyl sites for hydroxylation is 2. The zero-order chi connectivity index (χ0) is 24.3. The predicted molar refractivity (Wildman–Crippen MR) is 127 cm³/mol. The molecule has 0 aliphatic carbocycles. The molecule has 0 aliphatic heterocycles. The highest BCUT2D eigenvalue weighted by Gasteiger charge is 2.30. The zero-order valence-electron chi connectivity index (χ0n) is 18.6. The molecule has 174 valence electrons. The second-order valence-electron chi connectivity index (χ2n) is 7.96. The lowest BCUT2D eigenvalue weighted by atomic mass is 10.0. The minimum atomic E-state index is -4.46. The molecule has 0 bridgehead atoms. The highest BCUT2D eigenvalue weighted by Crippen LogP contribution is 2.36. The van der Waals surface area contributed by atoms with Gasteiger partial charge in [-0.3, -0.25) is 4.79 Å². The summed E-state index contributed by atoms with van der Waals surface area (Å²) in [6.45, 7) is 4.48. The van der Waals surface area contributed by atoms with Gasteiger partial charge in [0.25, 0.3) is 5.91 Å². The minimum absolute atomic E-state index is 0.252. The Labute approximate surface area is 199 Å². The lowest BCUT2D eigenvalue weighted by Gasteiger charge is -2.13. The Morgan fingerprint density at radius 1 is 0.971 bits per heavy atom. The fourth-order valence-electron chi connectivity index (χ4n) is 3.70. The van der Waals surface area contributed by atoms with Crippen LogP contribution in [0.2, 0.25) is 0 Å². The van der Waals surface area contributed by atoms with Gasteiger partial charge in [0.15, 0.2) is 0 Å². The maximum Gasteiger partial charge on any atom is 0.416 e. The summed E-state index contributed by atoms with van der Waals surface area (Å²) in [6, 6.07) is 18.2. The number of alkyl halides is 3. The number of nitrogens with one attached hydrogen (secondary N) is 1. The number of benzene rings is 3. The number of aromatic nitrogens is 2. The lowest BCUT2D eigenvalue weighted by molar-refractivity contribution is -0.137. The van der Waals surface area contributed by atoms with Crippen LogP contribution < -0.4 is 5.32 Å². The Hall–Kier alpha value is -3.39. The zero-order valence-corrected chi connectivity index (χ0v) is 19.4. The molecule has 0 saturated carbocycles. The van der Waals surface area contributed by atoms with E-state index in [0.29, 0.717) is 34.3 Å². The third kappa shape index (κ3) is 5.39. The van der Waals surface area contributed by atoms with Crippen LogP contribution in [0.25, 0.3) is 10.9 Å². The van der Waals surface area contributed by atoms with Crippen LogP contribution in [0.15, 0.2) is 76.7 Å². The number of amides is 1. The number of nitrogens with zero attached hydrogens (tertiary/aromatic N) is 2. The van der Waals surface area contributed by atoms with E-state index in [9.17, 15) is 18.0 Å². The fourth-order valence-corrected chi connectivity index (χ4v) is 4.64. The molecule has 0 radical (unpaired) electrons. The highest BCUT2D eigenvalue weighted by atomic mass is 32.2. The molecule has 1 amide bonds. The van der Waals surface area contributed by atoms with Gasteiger partial charge in [0, 0.05) is 16.8 Å². The molecule has 1 aromatic heterocycles. The SMILES string of the molecule is Cc1ccc(CCNC(=O)c2c(Sc3cccc(C(F)(F)F)c3)nnc3ccccc23)c(C)c1. The summed E-state index contributed by atoms with van der Waals surface area (Å²) >= 11 is 0.987. The molecule has 0 fully saturated rings. The molecule has 0 saturated heterocycles. The van der Waals surface area contributed by atoms with Crippen molar-refractivity contribution in [2.75, 3.05) is 6.54 Å². The first kappa shape index (κ1) is 23.8. The maximum absolute atomic E-state index is 13.3. The second-order valence-corrected chi connectivity index (χ2v) is 9.02. The molecule has 0 aliphatic rings. The van der Waals surface area contributed by atoms with E-state index in [0.717, 1.165) is 35.0 Å². The first-order valence-corrected chi connectivity index (χ1v) is 11.5. The molecule has 34 heavy (non-hydrogen) atoms. The molecule has 4 nitrogen and oxygen atoms in total. The average molecular weight is 482 g/mol. The topological polar surface area (TPSA) is 54.9 Å². The van der Waals surface area contributed by atoms with Crippen molar-refractivity contribution >= 4 is 28.6 Å². The van der Waals surface area contributed by atoms with Crippen LogP contribution in [-0.2, 0) is 12.6 Å². The minimum Gasteiger partial charge on any atom is -0.352 e. The monoisotopic (exact) mass is 481 g/mol. The van der Waals surface area contributed by atoms with Crippen molar-refractivity contribution in [1.82, 2.24) is 15.5 Å². The van der Waals surface area contributed by atoms with E-state index in [2.05, 4.69) is 27.6 Å². The quantitative estimate of drug-likeness (QED) is 0.347. The van der Waals surface area contributed by atoms with Crippen LogP contribution in [0.1, 0.15) is 32.6 Å². The van der Waals surface area contributed by atoms with Gasteiger partial charge in [0.1, 0.15) is 5.03 Å². The summed E-state index contributed by atoms with van der Waals surface area (Å²) < 4.78 is 39.5. The van der Waals surface area contributed by atoms with E-state index in [1.807, 2.05) is 19.9 Å². The van der Waals surface area contributed by atoms with Gasteiger partial charge in [-0.1, -0.05) is 59.8 Å². The van der Waals surface area contributed by atoms with Crippen molar-refractivity contribution in [3.63, 3.8) is 0 Å². The number of fused-ring (bicyclic) bond motifs is 1. The van der Waals surface area contributed by atoms with Crippen LogP contribution in [0.3, 0.4) is 0 Å². The van der Waals surface area contributed by atoms with Crippen LogP contribution in [0, 0.1) is 13.8 Å². The average Bonchev–Trinajstić information content (AvgIpc) is 2.80. The molecule has 8 heteroatoms. The molecule has 4 aromatic rings. The van der Waals surface area contributed by atoms with Crippen LogP contribution >= 0.6 is 11.8 Å². The molecular weight excluding hydrogens is 459 g/mol. The predicted octanol–water partition coefficient (Wildman–Crippen LogP) is 6.39. The van der Waals surface area contributed by atoms with E-state index in [-0.39, 0.29) is 10.9 Å². The van der Waals surface area contributed by atoms with E-state index >= 15 is 0 Å². The molecular formula is C26H22F3N3OS. The Kier molecular flexibility index (Phi) is 6.88. The molecule has 3 aromatic carbocycles. The van der Waals surface area contributed by atoms with Gasteiger partial charge in [-0.25, -0.2) is 0 Å². The summed E-state index contributed by atoms with van der Waals surface area (Å²) in [6.07, 6.45) is -3.80. The Balaban J connectivity index is 1.61. The summed E-state index contributed by atoms with van der Waals surface area (Å²) in [4.78, 5) is 13.6. The second kappa shape index (κ2) is 9.85. The first-order valence-electron chi connectivity index (χ1n) is 10.7. The third-order valence-corrected chi connectivity index (χ3v) is 6.39. The van der Waals surface area contributed by atoms with E-state index in [1.165, 1.54) is 11.6 Å². The van der Waals surface area contributed by atoms with Crippen molar-refractivity contribution in [1.29, 1.82) is 0 Å². The van der Waals surface area contributed by atoms with Crippen LogP contribution in [0.4, 0.5) is 13.2 Å². The Morgan fingerprint density at radius 2 is 1.76 bits per heavy atom. The first-order chi connectivity index (χ1) is 16.2. The number of rotatable bonds is 6. The molecule has 4 rings (SSSR count). The molecule has 1 N–H and O–H groups in total. The summed E-state index contributed by atoms with van der Waals surface area (Å²) in [5, 5.41) is 12.1. The van der Waals surface area contributed by atoms with Crippen LogP contribution in [0.5, 0.6) is 0 Å². The van der Waals surface area contributed by atoms with Crippen LogP contribution in [-0.4, -0.2) is 22.6 Å². The number of hydrogen-bond acceptors (Lipinski definition) is 4. The van der Waals surface area contributed by atoms with Gasteiger partial charge in [-0.2, -0.15) is 13.2 Å².